The van der Waals surface area contributed by atoms with E-state index in [0.29, 0.717) is 11.9 Å². The van der Waals surface area contributed by atoms with Crippen LogP contribution in [0, 0.1) is 5.41 Å². The Balaban J connectivity index is 4.21. The van der Waals surface area contributed by atoms with E-state index in [9.17, 15) is 0 Å². The van der Waals surface area contributed by atoms with Crippen molar-refractivity contribution in [2.75, 3.05) is 28.2 Å². The number of hydrogen-bond acceptors (Lipinski definition) is 2. The Bertz CT molecular complexity index is 162. The summed E-state index contributed by atoms with van der Waals surface area (Å²) in [5, 5.41) is 12.9. The number of nitrogens with zero attached hydrogens (tertiary/aromatic N) is 2. The van der Waals surface area contributed by atoms with Crippen LogP contribution in [0.25, 0.3) is 0 Å². The molecule has 0 aliphatic carbocycles. The second-order valence-electron chi connectivity index (χ2n) is 1.95. The van der Waals surface area contributed by atoms with Crippen molar-refractivity contribution in [3.05, 3.63) is 0 Å². The normalized spacial score (nSPS) is 10.7. The highest BCUT2D eigenvalue weighted by Crippen LogP contribution is 1.82. The predicted octanol–water partition coefficient (Wildman–Crippen LogP) is -0.722. The van der Waals surface area contributed by atoms with Gasteiger partial charge in [0.15, 0.2) is 11.9 Å². The maximum absolute atomic E-state index is 7.37. The third-order valence-corrected chi connectivity index (χ3v) is 1.33. The molecule has 0 radical (unpaired) electrons. The van der Waals surface area contributed by atoms with Crippen LogP contribution < -0.4 is 10.6 Å². The van der Waals surface area contributed by atoms with Gasteiger partial charge in [0.1, 0.15) is 0 Å². The van der Waals surface area contributed by atoms with E-state index in [1.54, 1.807) is 33.1 Å². The molecule has 0 rings (SSSR count). The molecular formula is C6H15N5. The van der Waals surface area contributed by atoms with E-state index in [2.05, 4.69) is 15.6 Å². The summed E-state index contributed by atoms with van der Waals surface area (Å²) in [6.45, 7) is 0. The van der Waals surface area contributed by atoms with E-state index in [4.69, 9.17) is 5.41 Å². The number of nitrogens with one attached hydrogen (secondary N) is 3. The highest BCUT2D eigenvalue weighted by Gasteiger charge is 2.06. The Morgan fingerprint density at radius 3 is 2.18 bits per heavy atom. The second kappa shape index (κ2) is 4.54. The average Bonchev–Trinajstić information content (AvgIpc) is 2.05. The molecule has 5 nitrogen and oxygen atoms in total. The summed E-state index contributed by atoms with van der Waals surface area (Å²) < 4.78 is 0. The zero-order valence-corrected chi connectivity index (χ0v) is 7.39. The fourth-order valence-electron chi connectivity index (χ4n) is 0.703. The minimum absolute atomic E-state index is 0.306. The summed E-state index contributed by atoms with van der Waals surface area (Å²) in [4.78, 5) is 5.54. The van der Waals surface area contributed by atoms with Gasteiger partial charge in [0.05, 0.1) is 0 Å². The summed E-state index contributed by atoms with van der Waals surface area (Å²) in [5.41, 5.74) is 0. The van der Waals surface area contributed by atoms with Gasteiger partial charge < -0.3 is 10.6 Å². The van der Waals surface area contributed by atoms with E-state index in [0.717, 1.165) is 0 Å². The Hall–Kier alpha value is -1.26. The van der Waals surface area contributed by atoms with Crippen molar-refractivity contribution >= 4 is 11.9 Å². The molecule has 0 atom stereocenters. The summed E-state index contributed by atoms with van der Waals surface area (Å²) in [6, 6.07) is 0. The van der Waals surface area contributed by atoms with Gasteiger partial charge in [-0.2, -0.15) is 0 Å². The molecule has 5 heteroatoms. The second-order valence-corrected chi connectivity index (χ2v) is 1.95. The molecule has 0 aliphatic heterocycles. The van der Waals surface area contributed by atoms with Crippen molar-refractivity contribution < 1.29 is 0 Å². The van der Waals surface area contributed by atoms with Crippen molar-refractivity contribution in [2.45, 2.75) is 0 Å². The lowest BCUT2D eigenvalue weighted by Gasteiger charge is -2.19. The lowest BCUT2D eigenvalue weighted by atomic mass is 10.7. The molecule has 0 aromatic rings. The maximum Gasteiger partial charge on any atom is 0.200 e. The van der Waals surface area contributed by atoms with E-state index >= 15 is 0 Å². The number of guanidine groups is 2. The summed E-state index contributed by atoms with van der Waals surface area (Å²) in [7, 11) is 6.90. The maximum atomic E-state index is 7.37. The first-order chi connectivity index (χ1) is 5.17. The molecule has 0 fully saturated rings. The van der Waals surface area contributed by atoms with Crippen LogP contribution in [0.4, 0.5) is 0 Å². The molecule has 0 saturated heterocycles. The molecule has 0 saturated carbocycles. The van der Waals surface area contributed by atoms with Gasteiger partial charge in [0.25, 0.3) is 0 Å². The topological polar surface area (TPSA) is 63.5 Å². The SMILES string of the molecule is C/N=C(\NC)N(C)C(=N)NC. The molecule has 0 aromatic heterocycles. The smallest absolute Gasteiger partial charge is 0.200 e. The first-order valence-electron chi connectivity index (χ1n) is 3.32. The third kappa shape index (κ3) is 2.45. The molecule has 0 aromatic carbocycles. The van der Waals surface area contributed by atoms with Crippen LogP contribution >= 0.6 is 0 Å². The number of rotatable bonds is 0. The van der Waals surface area contributed by atoms with Crippen molar-refractivity contribution in [3.8, 4) is 0 Å². The fourth-order valence-corrected chi connectivity index (χ4v) is 0.703. The van der Waals surface area contributed by atoms with Gasteiger partial charge in [0.2, 0.25) is 0 Å². The zero-order valence-electron chi connectivity index (χ0n) is 7.39. The van der Waals surface area contributed by atoms with E-state index < -0.39 is 0 Å². The highest BCUT2D eigenvalue weighted by atomic mass is 15.3. The highest BCUT2D eigenvalue weighted by molar-refractivity contribution is 5.96. The van der Waals surface area contributed by atoms with Crippen LogP contribution in [0.3, 0.4) is 0 Å². The van der Waals surface area contributed by atoms with Crippen LogP contribution in [0.1, 0.15) is 0 Å². The summed E-state index contributed by atoms with van der Waals surface area (Å²) in [6.07, 6.45) is 0. The average molecular weight is 157 g/mol. The van der Waals surface area contributed by atoms with Gasteiger partial charge >= 0.3 is 0 Å². The molecule has 0 bridgehead atoms. The van der Waals surface area contributed by atoms with Crippen LogP contribution in [0.15, 0.2) is 4.99 Å². The fraction of sp³-hybridized carbons (Fsp3) is 0.667. The summed E-state index contributed by atoms with van der Waals surface area (Å²) in [5.74, 6) is 0.962. The molecule has 0 unspecified atom stereocenters. The Morgan fingerprint density at radius 1 is 1.36 bits per heavy atom. The minimum Gasteiger partial charge on any atom is -0.359 e. The lowest BCUT2D eigenvalue weighted by molar-refractivity contribution is 0.675. The first kappa shape index (κ1) is 9.74. The van der Waals surface area contributed by atoms with Crippen LogP contribution in [-0.4, -0.2) is 45.0 Å². The third-order valence-electron chi connectivity index (χ3n) is 1.33. The standard InChI is InChI=1S/C6H15N5/c1-8-5(7)11(4)6(9-2)10-3/h1-4H3,(H2,7,8)(H,9,10). The number of aliphatic imine (C=N–C) groups is 1. The molecule has 0 heterocycles. The van der Waals surface area contributed by atoms with Crippen LogP contribution in [0.2, 0.25) is 0 Å². The Morgan fingerprint density at radius 2 is 1.91 bits per heavy atom. The number of hydrogen-bond donors (Lipinski definition) is 3. The van der Waals surface area contributed by atoms with E-state index in [1.165, 1.54) is 0 Å². The predicted molar refractivity (Wildman–Crippen MR) is 47.0 cm³/mol. The van der Waals surface area contributed by atoms with Gasteiger partial charge in [-0.15, -0.1) is 0 Å². The zero-order chi connectivity index (χ0) is 8.85. The minimum atomic E-state index is 0.306. The van der Waals surface area contributed by atoms with Crippen molar-refractivity contribution in [1.82, 2.24) is 15.5 Å². The van der Waals surface area contributed by atoms with E-state index in [-0.39, 0.29) is 0 Å². The molecular weight excluding hydrogens is 142 g/mol. The largest absolute Gasteiger partial charge is 0.359 e. The molecule has 0 aliphatic rings. The van der Waals surface area contributed by atoms with Crippen molar-refractivity contribution in [1.29, 1.82) is 5.41 Å². The Labute approximate surface area is 67.0 Å². The van der Waals surface area contributed by atoms with Gasteiger partial charge in [-0.3, -0.25) is 15.3 Å². The van der Waals surface area contributed by atoms with Gasteiger partial charge in [-0.1, -0.05) is 0 Å². The van der Waals surface area contributed by atoms with Gasteiger partial charge in [0, 0.05) is 28.2 Å². The molecule has 0 spiro atoms. The lowest BCUT2D eigenvalue weighted by Crippen LogP contribution is -2.45. The monoisotopic (exact) mass is 157 g/mol. The van der Waals surface area contributed by atoms with Crippen molar-refractivity contribution in [3.63, 3.8) is 0 Å². The van der Waals surface area contributed by atoms with Crippen LogP contribution in [-0.2, 0) is 0 Å². The van der Waals surface area contributed by atoms with Crippen LogP contribution in [0.5, 0.6) is 0 Å². The Kier molecular flexibility index (Phi) is 4.02. The van der Waals surface area contributed by atoms with E-state index in [1.807, 2.05) is 0 Å². The molecule has 64 valence electrons. The van der Waals surface area contributed by atoms with Crippen molar-refractivity contribution in [2.24, 2.45) is 4.99 Å². The quantitative estimate of drug-likeness (QED) is 0.321. The first-order valence-corrected chi connectivity index (χ1v) is 3.32. The van der Waals surface area contributed by atoms with Gasteiger partial charge in [-0.25, -0.2) is 0 Å². The molecule has 3 N–H and O–H groups in total. The van der Waals surface area contributed by atoms with Gasteiger partial charge in [-0.05, 0) is 0 Å². The molecule has 11 heavy (non-hydrogen) atoms. The molecule has 0 amide bonds. The summed E-state index contributed by atoms with van der Waals surface area (Å²) >= 11 is 0.